The molecule has 0 radical (unpaired) electrons. The van der Waals surface area contributed by atoms with E-state index in [9.17, 15) is 0 Å². The second-order valence-corrected chi connectivity index (χ2v) is 6.37. The van der Waals surface area contributed by atoms with Gasteiger partial charge in [0.1, 0.15) is 0 Å². The number of aromatic nitrogens is 1. The van der Waals surface area contributed by atoms with Gasteiger partial charge in [0.2, 0.25) is 5.88 Å². The van der Waals surface area contributed by atoms with Crippen LogP contribution < -0.4 is 10.1 Å². The van der Waals surface area contributed by atoms with Crippen LogP contribution in [0.1, 0.15) is 58.2 Å². The molecular weight excluding hydrogens is 248 g/mol. The summed E-state index contributed by atoms with van der Waals surface area (Å²) >= 11 is 0. The van der Waals surface area contributed by atoms with Gasteiger partial charge in [-0.15, -0.1) is 0 Å². The Kier molecular flexibility index (Phi) is 5.41. The zero-order chi connectivity index (χ0) is 14.5. The molecule has 1 saturated carbocycles. The van der Waals surface area contributed by atoms with Crippen LogP contribution in [0, 0.1) is 5.92 Å². The van der Waals surface area contributed by atoms with Crippen LogP contribution in [0.2, 0.25) is 0 Å². The average molecular weight is 276 g/mol. The molecule has 2 rings (SSSR count). The van der Waals surface area contributed by atoms with E-state index in [0.29, 0.717) is 5.92 Å². The maximum absolute atomic E-state index is 5.99. The fourth-order valence-electron chi connectivity index (χ4n) is 2.43. The number of ether oxygens (including phenoxy) is 1. The Labute approximate surface area is 123 Å². The van der Waals surface area contributed by atoms with Crippen molar-refractivity contribution in [2.45, 2.75) is 72.1 Å². The zero-order valence-corrected chi connectivity index (χ0v) is 13.3. The number of rotatable bonds is 8. The van der Waals surface area contributed by atoms with Crippen LogP contribution in [-0.2, 0) is 13.0 Å². The first-order valence-electron chi connectivity index (χ1n) is 7.96. The lowest BCUT2D eigenvalue weighted by Crippen LogP contribution is -2.18. The minimum atomic E-state index is 0.221. The summed E-state index contributed by atoms with van der Waals surface area (Å²) < 4.78 is 5.99. The highest BCUT2D eigenvalue weighted by Gasteiger charge is 2.20. The minimum Gasteiger partial charge on any atom is -0.475 e. The molecule has 1 heterocycles. The summed E-state index contributed by atoms with van der Waals surface area (Å²) in [4.78, 5) is 4.59. The van der Waals surface area contributed by atoms with Crippen molar-refractivity contribution in [3.63, 3.8) is 0 Å². The molecule has 0 amide bonds. The SMILES string of the molecule is CCc1cc(CNC2CC2)cc(OC(C)CC(C)C)n1. The number of aryl methyl sites for hydroxylation is 1. The van der Waals surface area contributed by atoms with E-state index in [1.54, 1.807) is 0 Å². The predicted molar refractivity (Wildman–Crippen MR) is 83.0 cm³/mol. The number of hydrogen-bond donors (Lipinski definition) is 1. The van der Waals surface area contributed by atoms with Crippen LogP contribution in [-0.4, -0.2) is 17.1 Å². The van der Waals surface area contributed by atoms with Gasteiger partial charge in [-0.25, -0.2) is 4.98 Å². The highest BCUT2D eigenvalue weighted by molar-refractivity contribution is 5.25. The fourth-order valence-corrected chi connectivity index (χ4v) is 2.43. The molecule has 1 fully saturated rings. The molecule has 3 nitrogen and oxygen atoms in total. The first-order chi connectivity index (χ1) is 9.56. The number of nitrogens with one attached hydrogen (secondary N) is 1. The van der Waals surface area contributed by atoms with E-state index in [1.165, 1.54) is 18.4 Å². The summed E-state index contributed by atoms with van der Waals surface area (Å²) in [5.41, 5.74) is 2.40. The lowest BCUT2D eigenvalue weighted by molar-refractivity contribution is 0.185. The van der Waals surface area contributed by atoms with Gasteiger partial charge in [-0.2, -0.15) is 0 Å². The molecule has 1 N–H and O–H groups in total. The molecule has 1 aromatic rings. The minimum absolute atomic E-state index is 0.221. The lowest BCUT2D eigenvalue weighted by Gasteiger charge is -2.17. The van der Waals surface area contributed by atoms with E-state index >= 15 is 0 Å². The summed E-state index contributed by atoms with van der Waals surface area (Å²) in [5.74, 6) is 1.43. The van der Waals surface area contributed by atoms with Gasteiger partial charge in [-0.05, 0) is 50.2 Å². The zero-order valence-electron chi connectivity index (χ0n) is 13.3. The van der Waals surface area contributed by atoms with Gasteiger partial charge in [0, 0.05) is 24.3 Å². The van der Waals surface area contributed by atoms with Crippen LogP contribution in [0.3, 0.4) is 0 Å². The highest BCUT2D eigenvalue weighted by Crippen LogP contribution is 2.21. The summed E-state index contributed by atoms with van der Waals surface area (Å²) in [5, 5.41) is 3.55. The number of pyridine rings is 1. The molecule has 20 heavy (non-hydrogen) atoms. The maximum atomic E-state index is 5.99. The van der Waals surface area contributed by atoms with Gasteiger partial charge < -0.3 is 10.1 Å². The molecule has 1 aliphatic rings. The Morgan fingerprint density at radius 2 is 2.05 bits per heavy atom. The normalized spacial score (nSPS) is 16.4. The smallest absolute Gasteiger partial charge is 0.214 e. The molecule has 3 heteroatoms. The molecule has 1 unspecified atom stereocenters. The van der Waals surface area contributed by atoms with Crippen molar-refractivity contribution in [2.24, 2.45) is 5.92 Å². The quantitative estimate of drug-likeness (QED) is 0.786. The lowest BCUT2D eigenvalue weighted by atomic mass is 10.1. The Balaban J connectivity index is 2.00. The largest absolute Gasteiger partial charge is 0.475 e. The highest BCUT2D eigenvalue weighted by atomic mass is 16.5. The van der Waals surface area contributed by atoms with E-state index in [4.69, 9.17) is 4.74 Å². The Morgan fingerprint density at radius 3 is 2.65 bits per heavy atom. The Morgan fingerprint density at radius 1 is 1.30 bits per heavy atom. The van der Waals surface area contributed by atoms with E-state index < -0.39 is 0 Å². The summed E-state index contributed by atoms with van der Waals surface area (Å²) in [6, 6.07) is 5.01. The monoisotopic (exact) mass is 276 g/mol. The molecular formula is C17H28N2O. The van der Waals surface area contributed by atoms with Crippen LogP contribution in [0.15, 0.2) is 12.1 Å². The molecule has 0 spiro atoms. The maximum Gasteiger partial charge on any atom is 0.214 e. The van der Waals surface area contributed by atoms with E-state index in [1.807, 2.05) is 0 Å². The molecule has 1 aromatic heterocycles. The van der Waals surface area contributed by atoms with Crippen molar-refractivity contribution in [3.8, 4) is 5.88 Å². The third-order valence-electron chi connectivity index (χ3n) is 3.57. The van der Waals surface area contributed by atoms with Crippen molar-refractivity contribution in [3.05, 3.63) is 23.4 Å². The van der Waals surface area contributed by atoms with Gasteiger partial charge in [0.15, 0.2) is 0 Å². The van der Waals surface area contributed by atoms with Crippen LogP contribution in [0.25, 0.3) is 0 Å². The molecule has 0 aromatic carbocycles. The van der Waals surface area contributed by atoms with Gasteiger partial charge >= 0.3 is 0 Å². The van der Waals surface area contributed by atoms with Crippen molar-refractivity contribution >= 4 is 0 Å². The van der Waals surface area contributed by atoms with Gasteiger partial charge in [-0.3, -0.25) is 0 Å². The second-order valence-electron chi connectivity index (χ2n) is 6.37. The Hall–Kier alpha value is -1.09. The number of hydrogen-bond acceptors (Lipinski definition) is 3. The summed E-state index contributed by atoms with van der Waals surface area (Å²) in [6.07, 6.45) is 4.87. The summed E-state index contributed by atoms with van der Waals surface area (Å²) in [6.45, 7) is 9.64. The van der Waals surface area contributed by atoms with Crippen molar-refractivity contribution in [1.82, 2.24) is 10.3 Å². The molecule has 0 saturated heterocycles. The molecule has 1 aliphatic carbocycles. The van der Waals surface area contributed by atoms with Crippen molar-refractivity contribution in [2.75, 3.05) is 0 Å². The first-order valence-corrected chi connectivity index (χ1v) is 7.96. The molecule has 0 bridgehead atoms. The fraction of sp³-hybridized carbons (Fsp3) is 0.706. The van der Waals surface area contributed by atoms with Crippen molar-refractivity contribution < 1.29 is 4.74 Å². The van der Waals surface area contributed by atoms with Gasteiger partial charge in [0.25, 0.3) is 0 Å². The molecule has 1 atom stereocenters. The van der Waals surface area contributed by atoms with Crippen LogP contribution in [0.5, 0.6) is 5.88 Å². The van der Waals surface area contributed by atoms with Gasteiger partial charge in [0.05, 0.1) is 6.10 Å². The summed E-state index contributed by atoms with van der Waals surface area (Å²) in [7, 11) is 0. The molecule has 112 valence electrons. The number of nitrogens with zero attached hydrogens (tertiary/aromatic N) is 1. The first kappa shape index (κ1) is 15.3. The van der Waals surface area contributed by atoms with Crippen molar-refractivity contribution in [1.29, 1.82) is 0 Å². The van der Waals surface area contributed by atoms with Crippen LogP contribution in [0.4, 0.5) is 0 Å². The topological polar surface area (TPSA) is 34.1 Å². The standard InChI is InChI=1S/C17H28N2O/c1-5-15-9-14(11-18-16-6-7-16)10-17(19-15)20-13(4)8-12(2)3/h9-10,12-13,16,18H,5-8,11H2,1-4H3. The average Bonchev–Trinajstić information content (AvgIpc) is 3.19. The van der Waals surface area contributed by atoms with E-state index in [0.717, 1.165) is 37.0 Å². The molecule has 0 aliphatic heterocycles. The third kappa shape index (κ3) is 5.12. The van der Waals surface area contributed by atoms with E-state index in [-0.39, 0.29) is 6.10 Å². The van der Waals surface area contributed by atoms with Crippen LogP contribution >= 0.6 is 0 Å². The van der Waals surface area contributed by atoms with Gasteiger partial charge in [-0.1, -0.05) is 20.8 Å². The second kappa shape index (κ2) is 7.07. The predicted octanol–water partition coefficient (Wildman–Crippen LogP) is 3.71. The van der Waals surface area contributed by atoms with E-state index in [2.05, 4.69) is 50.1 Å². The third-order valence-corrected chi connectivity index (χ3v) is 3.57. The Bertz CT molecular complexity index is 427.